The van der Waals surface area contributed by atoms with Crippen LogP contribution in [0.15, 0.2) is 17.5 Å². The normalized spacial score (nSPS) is 10.4. The largest absolute Gasteiger partial charge is 0.205 e. The topological polar surface area (TPSA) is 23.8 Å². The average Bonchev–Trinajstić information content (AvgIpc) is 2.57. The van der Waals surface area contributed by atoms with E-state index in [9.17, 15) is 4.39 Å². The number of nitriles is 1. The minimum atomic E-state index is -0.434. The van der Waals surface area contributed by atoms with Crippen LogP contribution in [0.3, 0.4) is 0 Å². The molecular weight excluding hydrogens is 221 g/mol. The van der Waals surface area contributed by atoms with Gasteiger partial charge in [0.1, 0.15) is 5.82 Å². The summed E-state index contributed by atoms with van der Waals surface area (Å²) >= 11 is 7.31. The Morgan fingerprint density at radius 1 is 1.50 bits per heavy atom. The second-order valence-corrected chi connectivity index (χ2v) is 4.12. The third kappa shape index (κ3) is 1.37. The third-order valence-corrected chi connectivity index (χ3v) is 3.34. The van der Waals surface area contributed by atoms with Gasteiger partial charge in [0, 0.05) is 10.1 Å². The number of rotatable bonds is 1. The van der Waals surface area contributed by atoms with Crippen molar-refractivity contribution in [1.82, 2.24) is 0 Å². The van der Waals surface area contributed by atoms with Crippen LogP contribution in [-0.4, -0.2) is 0 Å². The van der Waals surface area contributed by atoms with Crippen LogP contribution in [-0.2, 0) is 6.42 Å². The fourth-order valence-electron chi connectivity index (χ4n) is 1.34. The van der Waals surface area contributed by atoms with Crippen molar-refractivity contribution in [2.24, 2.45) is 0 Å². The van der Waals surface area contributed by atoms with Crippen LogP contribution in [0.1, 0.15) is 5.56 Å². The molecule has 2 rings (SSSR count). The van der Waals surface area contributed by atoms with Crippen LogP contribution in [0.2, 0.25) is 5.02 Å². The Morgan fingerprint density at radius 2 is 2.29 bits per heavy atom. The van der Waals surface area contributed by atoms with E-state index in [0.29, 0.717) is 5.39 Å². The first-order valence-corrected chi connectivity index (χ1v) is 5.21. The van der Waals surface area contributed by atoms with Gasteiger partial charge in [-0.2, -0.15) is 5.26 Å². The molecule has 0 fully saturated rings. The zero-order valence-corrected chi connectivity index (χ0v) is 8.62. The van der Waals surface area contributed by atoms with Crippen molar-refractivity contribution in [2.45, 2.75) is 6.42 Å². The highest BCUT2D eigenvalue weighted by atomic mass is 35.5. The molecule has 0 aliphatic carbocycles. The zero-order valence-electron chi connectivity index (χ0n) is 7.05. The quantitative estimate of drug-likeness (QED) is 0.725. The van der Waals surface area contributed by atoms with Crippen LogP contribution in [0.4, 0.5) is 4.39 Å². The van der Waals surface area contributed by atoms with E-state index in [0.717, 1.165) is 10.3 Å². The van der Waals surface area contributed by atoms with Crippen LogP contribution >= 0.6 is 22.9 Å². The molecule has 1 heterocycles. The Hall–Kier alpha value is -1.11. The molecule has 0 aliphatic rings. The minimum absolute atomic E-state index is 0.119. The maximum absolute atomic E-state index is 13.1. The van der Waals surface area contributed by atoms with Crippen LogP contribution in [0.5, 0.6) is 0 Å². The highest BCUT2D eigenvalue weighted by molar-refractivity contribution is 7.17. The van der Waals surface area contributed by atoms with Gasteiger partial charge in [-0.15, -0.1) is 11.3 Å². The molecule has 0 spiro atoms. The summed E-state index contributed by atoms with van der Waals surface area (Å²) in [6.07, 6.45) is 0.267. The number of benzene rings is 1. The molecule has 0 aliphatic heterocycles. The van der Waals surface area contributed by atoms with Gasteiger partial charge >= 0.3 is 0 Å². The molecule has 0 saturated heterocycles. The molecule has 0 radical (unpaired) electrons. The summed E-state index contributed by atoms with van der Waals surface area (Å²) in [5.74, 6) is -0.434. The standard InChI is InChI=1S/C10H5ClFNS/c11-10-7(12)1-2-8-9(10)6(3-4-13)5-14-8/h1-2,5H,3H2. The molecule has 70 valence electrons. The number of halogens is 2. The number of fused-ring (bicyclic) bond motifs is 1. The Kier molecular flexibility index (Phi) is 2.40. The van der Waals surface area contributed by atoms with Crippen LogP contribution < -0.4 is 0 Å². The molecule has 1 nitrogen and oxygen atoms in total. The van der Waals surface area contributed by atoms with Gasteiger partial charge in [0.25, 0.3) is 0 Å². The van der Waals surface area contributed by atoms with Crippen molar-refractivity contribution in [3.63, 3.8) is 0 Å². The Labute approximate surface area is 89.3 Å². The lowest BCUT2D eigenvalue weighted by molar-refractivity contribution is 0.630. The molecule has 4 heteroatoms. The van der Waals surface area contributed by atoms with E-state index in [1.807, 2.05) is 11.4 Å². The van der Waals surface area contributed by atoms with Crippen molar-refractivity contribution in [1.29, 1.82) is 5.26 Å². The fraction of sp³-hybridized carbons (Fsp3) is 0.100. The molecule has 0 bridgehead atoms. The summed E-state index contributed by atoms with van der Waals surface area (Å²) in [6, 6.07) is 5.06. The molecule has 0 N–H and O–H groups in total. The Balaban J connectivity index is 2.77. The second kappa shape index (κ2) is 3.56. The monoisotopic (exact) mass is 225 g/mol. The molecule has 14 heavy (non-hydrogen) atoms. The first-order valence-electron chi connectivity index (χ1n) is 3.95. The summed E-state index contributed by atoms with van der Waals surface area (Å²) in [4.78, 5) is 0. The predicted octanol–water partition coefficient (Wildman–Crippen LogP) is 3.76. The SMILES string of the molecule is N#CCc1csc2ccc(F)c(Cl)c12. The van der Waals surface area contributed by atoms with Crippen LogP contribution in [0.25, 0.3) is 10.1 Å². The van der Waals surface area contributed by atoms with Gasteiger partial charge in [0.2, 0.25) is 0 Å². The average molecular weight is 226 g/mol. The molecule has 0 atom stereocenters. The lowest BCUT2D eigenvalue weighted by Gasteiger charge is -1.97. The first kappa shape index (κ1) is 9.45. The zero-order chi connectivity index (χ0) is 10.1. The molecule has 1 aromatic carbocycles. The molecule has 1 aromatic heterocycles. The van der Waals surface area contributed by atoms with Crippen LogP contribution in [0, 0.1) is 17.1 Å². The Morgan fingerprint density at radius 3 is 3.00 bits per heavy atom. The summed E-state index contributed by atoms with van der Waals surface area (Å²) < 4.78 is 14.1. The molecule has 0 saturated carbocycles. The van der Waals surface area contributed by atoms with Crippen molar-refractivity contribution in [2.75, 3.05) is 0 Å². The second-order valence-electron chi connectivity index (χ2n) is 2.83. The lowest BCUT2D eigenvalue weighted by atomic mass is 10.1. The van der Waals surface area contributed by atoms with Gasteiger partial charge in [0.05, 0.1) is 17.5 Å². The van der Waals surface area contributed by atoms with Gasteiger partial charge in [0.15, 0.2) is 0 Å². The van der Waals surface area contributed by atoms with E-state index < -0.39 is 5.82 Å². The highest BCUT2D eigenvalue weighted by Gasteiger charge is 2.10. The van der Waals surface area contributed by atoms with Crippen molar-refractivity contribution >= 4 is 33.0 Å². The van der Waals surface area contributed by atoms with E-state index in [1.54, 1.807) is 6.07 Å². The predicted molar refractivity (Wildman–Crippen MR) is 56.1 cm³/mol. The maximum atomic E-state index is 13.1. The highest BCUT2D eigenvalue weighted by Crippen LogP contribution is 2.33. The summed E-state index contributed by atoms with van der Waals surface area (Å²) in [5.41, 5.74) is 0.803. The van der Waals surface area contributed by atoms with E-state index in [1.165, 1.54) is 17.4 Å². The lowest BCUT2D eigenvalue weighted by Crippen LogP contribution is -1.82. The summed E-state index contributed by atoms with van der Waals surface area (Å²) in [5, 5.41) is 11.2. The van der Waals surface area contributed by atoms with Crippen molar-refractivity contribution in [3.05, 3.63) is 33.9 Å². The number of nitrogens with zero attached hydrogens (tertiary/aromatic N) is 1. The van der Waals surface area contributed by atoms with E-state index in [-0.39, 0.29) is 11.4 Å². The molecular formula is C10H5ClFNS. The molecule has 0 unspecified atom stereocenters. The van der Waals surface area contributed by atoms with E-state index in [4.69, 9.17) is 16.9 Å². The Bertz CT molecular complexity index is 527. The van der Waals surface area contributed by atoms with Gasteiger partial charge in [-0.05, 0) is 23.1 Å². The fourth-order valence-corrected chi connectivity index (χ4v) is 2.65. The molecule has 2 aromatic rings. The molecule has 0 amide bonds. The minimum Gasteiger partial charge on any atom is -0.205 e. The van der Waals surface area contributed by atoms with E-state index >= 15 is 0 Å². The summed E-state index contributed by atoms with van der Waals surface area (Å²) in [7, 11) is 0. The first-order chi connectivity index (χ1) is 6.74. The number of thiophene rings is 1. The van der Waals surface area contributed by atoms with Gasteiger partial charge < -0.3 is 0 Å². The third-order valence-electron chi connectivity index (χ3n) is 1.98. The van der Waals surface area contributed by atoms with Gasteiger partial charge in [-0.25, -0.2) is 4.39 Å². The summed E-state index contributed by atoms with van der Waals surface area (Å²) in [6.45, 7) is 0. The van der Waals surface area contributed by atoms with Crippen molar-refractivity contribution in [3.8, 4) is 6.07 Å². The smallest absolute Gasteiger partial charge is 0.142 e. The maximum Gasteiger partial charge on any atom is 0.142 e. The van der Waals surface area contributed by atoms with E-state index in [2.05, 4.69) is 0 Å². The number of hydrogen-bond donors (Lipinski definition) is 0. The van der Waals surface area contributed by atoms with Crippen molar-refractivity contribution < 1.29 is 4.39 Å². The van der Waals surface area contributed by atoms with Gasteiger partial charge in [-0.3, -0.25) is 0 Å². The number of hydrogen-bond acceptors (Lipinski definition) is 2. The van der Waals surface area contributed by atoms with Gasteiger partial charge in [-0.1, -0.05) is 11.6 Å².